The molecule has 5 heteroatoms. The van der Waals surface area contributed by atoms with Gasteiger partial charge in [0.1, 0.15) is 0 Å². The Morgan fingerprint density at radius 3 is 2.50 bits per heavy atom. The molecule has 0 aliphatic rings. The number of nitrogens with one attached hydrogen (secondary N) is 1. The summed E-state index contributed by atoms with van der Waals surface area (Å²) < 4.78 is 5.16. The molecule has 0 amide bonds. The van der Waals surface area contributed by atoms with E-state index in [4.69, 9.17) is 9.84 Å². The molecule has 0 aliphatic heterocycles. The lowest BCUT2D eigenvalue weighted by atomic mass is 10.1. The number of aliphatic hydroxyl groups is 1. The molecule has 4 nitrogen and oxygen atoms in total. The number of benzene rings is 1. The highest BCUT2D eigenvalue weighted by atomic mass is 32.1. The van der Waals surface area contributed by atoms with Gasteiger partial charge in [0.05, 0.1) is 6.61 Å². The summed E-state index contributed by atoms with van der Waals surface area (Å²) in [5.74, 6) is -0.167. The number of aryl methyl sites for hydroxylation is 1. The van der Waals surface area contributed by atoms with Crippen LogP contribution in [0.2, 0.25) is 0 Å². The summed E-state index contributed by atoms with van der Waals surface area (Å²) in [5.41, 5.74) is 2.28. The minimum atomic E-state index is -0.167. The number of carbonyl (C=O) groups is 1. The van der Waals surface area contributed by atoms with Crippen LogP contribution in [0.1, 0.15) is 74.6 Å². The molecule has 1 heterocycles. The van der Waals surface area contributed by atoms with Crippen LogP contribution < -0.4 is 5.32 Å². The van der Waals surface area contributed by atoms with Crippen LogP contribution in [-0.2, 0) is 16.0 Å². The van der Waals surface area contributed by atoms with Crippen molar-refractivity contribution in [2.75, 3.05) is 25.1 Å². The first-order chi connectivity index (χ1) is 15.8. The van der Waals surface area contributed by atoms with E-state index < -0.39 is 0 Å². The van der Waals surface area contributed by atoms with E-state index >= 15 is 0 Å². The van der Waals surface area contributed by atoms with Crippen LogP contribution in [0.4, 0.5) is 5.69 Å². The van der Waals surface area contributed by atoms with E-state index in [-0.39, 0.29) is 12.6 Å². The fourth-order valence-electron chi connectivity index (χ4n) is 3.42. The van der Waals surface area contributed by atoms with E-state index in [9.17, 15) is 4.79 Å². The van der Waals surface area contributed by atoms with Crippen molar-refractivity contribution >= 4 is 29.1 Å². The van der Waals surface area contributed by atoms with E-state index in [1.807, 2.05) is 0 Å². The van der Waals surface area contributed by atoms with Crippen molar-refractivity contribution in [3.8, 4) is 0 Å². The Balaban J connectivity index is 1.43. The lowest BCUT2D eigenvalue weighted by Gasteiger charge is -2.08. The average molecular weight is 458 g/mol. The van der Waals surface area contributed by atoms with Gasteiger partial charge in [0.25, 0.3) is 0 Å². The molecule has 0 radical (unpaired) electrons. The monoisotopic (exact) mass is 457 g/mol. The topological polar surface area (TPSA) is 58.6 Å². The number of esters is 1. The zero-order chi connectivity index (χ0) is 22.7. The summed E-state index contributed by atoms with van der Waals surface area (Å²) in [4.78, 5) is 13.1. The zero-order valence-corrected chi connectivity index (χ0v) is 20.1. The average Bonchev–Trinajstić information content (AvgIpc) is 3.33. The molecule has 1 aromatic carbocycles. The number of ether oxygens (including phenoxy) is 1. The summed E-state index contributed by atoms with van der Waals surface area (Å²) in [5, 5.41) is 14.3. The van der Waals surface area contributed by atoms with Crippen LogP contribution >= 0.6 is 11.3 Å². The Morgan fingerprint density at radius 2 is 1.75 bits per heavy atom. The highest BCUT2D eigenvalue weighted by Gasteiger charge is 2.04. The van der Waals surface area contributed by atoms with Gasteiger partial charge < -0.3 is 15.2 Å². The van der Waals surface area contributed by atoms with Gasteiger partial charge >= 0.3 is 5.97 Å². The van der Waals surface area contributed by atoms with Gasteiger partial charge in [-0.05, 0) is 73.7 Å². The summed E-state index contributed by atoms with van der Waals surface area (Å²) in [6.07, 6.45) is 15.9. The van der Waals surface area contributed by atoms with Crippen LogP contribution in [0.25, 0.3) is 6.08 Å². The van der Waals surface area contributed by atoms with E-state index in [0.717, 1.165) is 24.2 Å². The lowest BCUT2D eigenvalue weighted by Crippen LogP contribution is -2.07. The number of aliphatic hydroxyl groups excluding tert-OH is 1. The van der Waals surface area contributed by atoms with E-state index in [1.165, 1.54) is 49.8 Å². The predicted molar refractivity (Wildman–Crippen MR) is 136 cm³/mol. The summed E-state index contributed by atoms with van der Waals surface area (Å²) in [6, 6.07) is 12.6. The number of unbranched alkanes of at least 4 members (excludes halogenated alkanes) is 7. The van der Waals surface area contributed by atoms with Crippen molar-refractivity contribution in [3.63, 3.8) is 0 Å². The smallest absolute Gasteiger partial charge is 0.306 e. The van der Waals surface area contributed by atoms with Gasteiger partial charge in [-0.2, -0.15) is 0 Å². The molecule has 0 spiro atoms. The molecule has 0 saturated carbocycles. The third-order valence-electron chi connectivity index (χ3n) is 5.34. The highest BCUT2D eigenvalue weighted by molar-refractivity contribution is 7.10. The molecular formula is C27H39NO3S. The molecule has 0 aliphatic carbocycles. The SMILES string of the molecule is O=C(CCc1ccc(NCCCCCCCCC=Cc2cccs2)cc1)OCCCCO. The van der Waals surface area contributed by atoms with Crippen molar-refractivity contribution in [2.45, 2.75) is 70.6 Å². The Labute approximate surface area is 197 Å². The molecule has 0 fully saturated rings. The van der Waals surface area contributed by atoms with E-state index in [1.54, 1.807) is 11.3 Å². The van der Waals surface area contributed by atoms with Crippen molar-refractivity contribution in [1.29, 1.82) is 0 Å². The number of allylic oxidation sites excluding steroid dienone is 1. The van der Waals surface area contributed by atoms with Crippen LogP contribution in [0.5, 0.6) is 0 Å². The van der Waals surface area contributed by atoms with Gasteiger partial charge in [-0.15, -0.1) is 11.3 Å². The Morgan fingerprint density at radius 1 is 0.969 bits per heavy atom. The molecule has 2 aromatic rings. The van der Waals surface area contributed by atoms with Crippen LogP contribution in [0, 0.1) is 0 Å². The van der Waals surface area contributed by atoms with Crippen molar-refractivity contribution in [2.24, 2.45) is 0 Å². The van der Waals surface area contributed by atoms with Crippen LogP contribution in [0.15, 0.2) is 47.9 Å². The quantitative estimate of drug-likeness (QED) is 0.190. The van der Waals surface area contributed by atoms with Crippen LogP contribution in [0.3, 0.4) is 0 Å². The first-order valence-electron chi connectivity index (χ1n) is 12.1. The molecular weight excluding hydrogens is 418 g/mol. The minimum Gasteiger partial charge on any atom is -0.466 e. The fraction of sp³-hybridized carbons (Fsp3) is 0.519. The maximum absolute atomic E-state index is 11.7. The second-order valence-electron chi connectivity index (χ2n) is 8.10. The largest absolute Gasteiger partial charge is 0.466 e. The standard InChI is InChI=1S/C27H39NO3S/c29-21-9-10-22-31-27(30)19-16-24-14-17-25(18-15-24)28-20-8-6-4-2-1-3-5-7-12-26-13-11-23-32-26/h7,11-15,17-18,23,28-29H,1-6,8-10,16,19-22H2. The number of carbonyl (C=O) groups excluding carboxylic acids is 1. The summed E-state index contributed by atoms with van der Waals surface area (Å²) in [7, 11) is 0. The second kappa shape index (κ2) is 17.4. The van der Waals surface area contributed by atoms with Crippen molar-refractivity contribution in [1.82, 2.24) is 0 Å². The summed E-state index contributed by atoms with van der Waals surface area (Å²) >= 11 is 1.79. The molecule has 0 unspecified atom stereocenters. The third kappa shape index (κ3) is 12.7. The van der Waals surface area contributed by atoms with Gasteiger partial charge in [0.15, 0.2) is 0 Å². The number of hydrogen-bond donors (Lipinski definition) is 2. The fourth-order valence-corrected chi connectivity index (χ4v) is 4.07. The first kappa shape index (κ1) is 26.1. The molecule has 0 atom stereocenters. The number of hydrogen-bond acceptors (Lipinski definition) is 5. The van der Waals surface area contributed by atoms with Crippen molar-refractivity contribution < 1.29 is 14.6 Å². The highest BCUT2D eigenvalue weighted by Crippen LogP contribution is 2.14. The van der Waals surface area contributed by atoms with Crippen LogP contribution in [-0.4, -0.2) is 30.8 Å². The second-order valence-corrected chi connectivity index (χ2v) is 9.08. The maximum Gasteiger partial charge on any atom is 0.306 e. The zero-order valence-electron chi connectivity index (χ0n) is 19.3. The molecule has 2 rings (SSSR count). The predicted octanol–water partition coefficient (Wildman–Crippen LogP) is 6.85. The van der Waals surface area contributed by atoms with Gasteiger partial charge in [-0.25, -0.2) is 0 Å². The minimum absolute atomic E-state index is 0.146. The summed E-state index contributed by atoms with van der Waals surface area (Å²) in [6.45, 7) is 1.55. The van der Waals surface area contributed by atoms with Gasteiger partial charge in [-0.1, -0.05) is 50.0 Å². The number of anilines is 1. The maximum atomic E-state index is 11.7. The third-order valence-corrected chi connectivity index (χ3v) is 6.18. The Hall–Kier alpha value is -2.11. The first-order valence-corrected chi connectivity index (χ1v) is 13.0. The van der Waals surface area contributed by atoms with Crippen molar-refractivity contribution in [3.05, 3.63) is 58.3 Å². The Bertz CT molecular complexity index is 741. The number of thiophene rings is 1. The normalized spacial score (nSPS) is 11.2. The molecule has 176 valence electrons. The molecule has 0 saturated heterocycles. The molecule has 2 N–H and O–H groups in total. The Kier molecular flexibility index (Phi) is 14.3. The van der Waals surface area contributed by atoms with Gasteiger partial charge in [0.2, 0.25) is 0 Å². The molecule has 32 heavy (non-hydrogen) atoms. The van der Waals surface area contributed by atoms with Gasteiger partial charge in [0, 0.05) is 30.1 Å². The van der Waals surface area contributed by atoms with Gasteiger partial charge in [-0.3, -0.25) is 4.79 Å². The molecule has 1 aromatic heterocycles. The molecule has 0 bridgehead atoms. The van der Waals surface area contributed by atoms with E-state index in [2.05, 4.69) is 59.2 Å². The lowest BCUT2D eigenvalue weighted by molar-refractivity contribution is -0.143. The van der Waals surface area contributed by atoms with E-state index in [0.29, 0.717) is 25.9 Å². The number of rotatable bonds is 18.